The van der Waals surface area contributed by atoms with Crippen LogP contribution in [0.15, 0.2) is 24.3 Å². The highest BCUT2D eigenvalue weighted by molar-refractivity contribution is 6.17. The zero-order chi connectivity index (χ0) is 14.1. The predicted octanol–water partition coefficient (Wildman–Crippen LogP) is 2.43. The molecule has 0 N–H and O–H groups in total. The molecular weight excluding hydrogens is 264 g/mol. The number of ether oxygens (including phenoxy) is 1. The van der Waals surface area contributed by atoms with E-state index in [1.807, 2.05) is 18.2 Å². The first-order valence-corrected chi connectivity index (χ1v) is 6.56. The summed E-state index contributed by atoms with van der Waals surface area (Å²) in [7, 11) is 1.58. The molecule has 1 amide bonds. The number of carbonyl (C=O) groups excluding carboxylic acids is 1. The molecule has 0 fully saturated rings. The van der Waals surface area contributed by atoms with Crippen LogP contribution < -0.4 is 0 Å². The number of carbonyl (C=O) groups is 1. The van der Waals surface area contributed by atoms with Gasteiger partial charge in [-0.2, -0.15) is 5.26 Å². The summed E-state index contributed by atoms with van der Waals surface area (Å²) in [5.74, 6) is 0.275. The van der Waals surface area contributed by atoms with E-state index in [0.717, 1.165) is 5.56 Å². The van der Waals surface area contributed by atoms with Gasteiger partial charge in [0.25, 0.3) is 5.91 Å². The zero-order valence-electron chi connectivity index (χ0n) is 10.9. The van der Waals surface area contributed by atoms with Crippen LogP contribution in [0, 0.1) is 11.3 Å². The summed E-state index contributed by atoms with van der Waals surface area (Å²) in [5.41, 5.74) is 1.49. The maximum Gasteiger partial charge on any atom is 0.253 e. The normalized spacial score (nSPS) is 9.95. The molecule has 1 aromatic carbocycles. The SMILES string of the molecule is COCCN(CCC#N)C(=O)c1cccc(CCl)c1. The first kappa shape index (κ1) is 15.5. The van der Waals surface area contributed by atoms with Crippen molar-refractivity contribution in [1.29, 1.82) is 5.26 Å². The Hall–Kier alpha value is -1.57. The third kappa shape index (κ3) is 4.90. The van der Waals surface area contributed by atoms with E-state index in [0.29, 0.717) is 37.6 Å². The maximum atomic E-state index is 12.3. The molecule has 0 aliphatic heterocycles. The van der Waals surface area contributed by atoms with Gasteiger partial charge in [-0.15, -0.1) is 11.6 Å². The highest BCUT2D eigenvalue weighted by Crippen LogP contribution is 2.11. The third-order valence-corrected chi connectivity index (χ3v) is 2.98. The van der Waals surface area contributed by atoms with Crippen LogP contribution >= 0.6 is 11.6 Å². The van der Waals surface area contributed by atoms with Gasteiger partial charge in [-0.3, -0.25) is 4.79 Å². The lowest BCUT2D eigenvalue weighted by Gasteiger charge is -2.21. The average Bonchev–Trinajstić information content (AvgIpc) is 2.47. The fraction of sp³-hybridized carbons (Fsp3) is 0.429. The first-order chi connectivity index (χ1) is 9.22. The van der Waals surface area contributed by atoms with Crippen molar-refractivity contribution < 1.29 is 9.53 Å². The van der Waals surface area contributed by atoms with Crippen molar-refractivity contribution in [3.05, 3.63) is 35.4 Å². The Morgan fingerprint density at radius 2 is 2.26 bits per heavy atom. The van der Waals surface area contributed by atoms with E-state index in [2.05, 4.69) is 0 Å². The Labute approximate surface area is 118 Å². The van der Waals surface area contributed by atoms with Gasteiger partial charge in [0.1, 0.15) is 0 Å². The summed E-state index contributed by atoms with van der Waals surface area (Å²) >= 11 is 5.76. The topological polar surface area (TPSA) is 53.3 Å². The summed E-state index contributed by atoms with van der Waals surface area (Å²) in [4.78, 5) is 14.0. The molecule has 0 heterocycles. The number of hydrogen-bond acceptors (Lipinski definition) is 3. The van der Waals surface area contributed by atoms with Crippen LogP contribution in [0.1, 0.15) is 22.3 Å². The third-order valence-electron chi connectivity index (χ3n) is 2.67. The Balaban J connectivity index is 2.81. The van der Waals surface area contributed by atoms with Crippen molar-refractivity contribution in [3.8, 4) is 6.07 Å². The Morgan fingerprint density at radius 1 is 1.47 bits per heavy atom. The van der Waals surface area contributed by atoms with Gasteiger partial charge in [0.2, 0.25) is 0 Å². The second-order valence-corrected chi connectivity index (χ2v) is 4.29. The molecule has 0 saturated carbocycles. The fourth-order valence-electron chi connectivity index (χ4n) is 1.67. The molecule has 0 aromatic heterocycles. The number of rotatable bonds is 7. The Morgan fingerprint density at radius 3 is 2.89 bits per heavy atom. The van der Waals surface area contributed by atoms with Crippen molar-refractivity contribution in [2.45, 2.75) is 12.3 Å². The van der Waals surface area contributed by atoms with Crippen LogP contribution in [0.3, 0.4) is 0 Å². The van der Waals surface area contributed by atoms with Gasteiger partial charge >= 0.3 is 0 Å². The molecule has 0 aliphatic rings. The molecule has 0 aliphatic carbocycles. The monoisotopic (exact) mass is 280 g/mol. The van der Waals surface area contributed by atoms with E-state index in [4.69, 9.17) is 21.6 Å². The molecule has 5 heteroatoms. The predicted molar refractivity (Wildman–Crippen MR) is 74.0 cm³/mol. The van der Waals surface area contributed by atoms with Crippen molar-refractivity contribution in [3.63, 3.8) is 0 Å². The number of benzene rings is 1. The largest absolute Gasteiger partial charge is 0.383 e. The number of amides is 1. The second-order valence-electron chi connectivity index (χ2n) is 4.03. The van der Waals surface area contributed by atoms with Crippen molar-refractivity contribution in [1.82, 2.24) is 4.90 Å². The van der Waals surface area contributed by atoms with E-state index in [1.54, 1.807) is 24.1 Å². The van der Waals surface area contributed by atoms with Gasteiger partial charge in [0.15, 0.2) is 0 Å². The molecule has 0 unspecified atom stereocenters. The highest BCUT2D eigenvalue weighted by Gasteiger charge is 2.15. The van der Waals surface area contributed by atoms with Crippen molar-refractivity contribution in [2.24, 2.45) is 0 Å². The van der Waals surface area contributed by atoms with E-state index in [-0.39, 0.29) is 5.91 Å². The summed E-state index contributed by atoms with van der Waals surface area (Å²) < 4.78 is 4.99. The van der Waals surface area contributed by atoms with Crippen LogP contribution in [0.4, 0.5) is 0 Å². The van der Waals surface area contributed by atoms with E-state index in [9.17, 15) is 4.79 Å². The number of alkyl halides is 1. The van der Waals surface area contributed by atoms with Gasteiger partial charge in [-0.05, 0) is 17.7 Å². The number of hydrogen-bond donors (Lipinski definition) is 0. The molecule has 4 nitrogen and oxygen atoms in total. The molecule has 1 aromatic rings. The second kappa shape index (κ2) is 8.52. The minimum atomic E-state index is -0.0979. The smallest absolute Gasteiger partial charge is 0.253 e. The van der Waals surface area contributed by atoms with Crippen LogP contribution in [0.25, 0.3) is 0 Å². The summed E-state index contributed by atoms with van der Waals surface area (Å²) in [6.45, 7) is 1.33. The van der Waals surface area contributed by atoms with Crippen LogP contribution in [-0.4, -0.2) is 37.6 Å². The van der Waals surface area contributed by atoms with E-state index < -0.39 is 0 Å². The fourth-order valence-corrected chi connectivity index (χ4v) is 1.84. The highest BCUT2D eigenvalue weighted by atomic mass is 35.5. The van der Waals surface area contributed by atoms with Crippen molar-refractivity contribution >= 4 is 17.5 Å². The van der Waals surface area contributed by atoms with Gasteiger partial charge < -0.3 is 9.64 Å². The molecule has 0 bridgehead atoms. The minimum absolute atomic E-state index is 0.0979. The first-order valence-electron chi connectivity index (χ1n) is 6.03. The standard InChI is InChI=1S/C14H17ClN2O2/c1-19-9-8-17(7-3-6-16)14(18)13-5-2-4-12(10-13)11-15/h2,4-5,10H,3,7-9,11H2,1H3. The van der Waals surface area contributed by atoms with E-state index >= 15 is 0 Å². The summed E-state index contributed by atoms with van der Waals surface area (Å²) in [6.07, 6.45) is 0.310. The van der Waals surface area contributed by atoms with Gasteiger partial charge in [-0.1, -0.05) is 12.1 Å². The minimum Gasteiger partial charge on any atom is -0.383 e. The lowest BCUT2D eigenvalue weighted by molar-refractivity contribution is 0.0700. The number of nitriles is 1. The average molecular weight is 281 g/mol. The Kier molecular flexibility index (Phi) is 6.94. The molecule has 19 heavy (non-hydrogen) atoms. The molecule has 1 rings (SSSR count). The van der Waals surface area contributed by atoms with Gasteiger partial charge in [0.05, 0.1) is 19.1 Å². The molecule has 102 valence electrons. The zero-order valence-corrected chi connectivity index (χ0v) is 11.7. The summed E-state index contributed by atoms with van der Waals surface area (Å²) in [6, 6.07) is 9.26. The number of halogens is 1. The van der Waals surface area contributed by atoms with Crippen LogP contribution in [-0.2, 0) is 10.6 Å². The van der Waals surface area contributed by atoms with Crippen LogP contribution in [0.2, 0.25) is 0 Å². The molecule has 0 saturated heterocycles. The van der Waals surface area contributed by atoms with Gasteiger partial charge in [0, 0.05) is 31.6 Å². The Bertz CT molecular complexity index is 457. The van der Waals surface area contributed by atoms with Crippen molar-refractivity contribution in [2.75, 3.05) is 26.8 Å². The number of methoxy groups -OCH3 is 1. The molecule has 0 atom stereocenters. The van der Waals surface area contributed by atoms with Crippen LogP contribution in [0.5, 0.6) is 0 Å². The molecule has 0 radical (unpaired) electrons. The lowest BCUT2D eigenvalue weighted by atomic mass is 10.1. The quantitative estimate of drug-likeness (QED) is 0.721. The van der Waals surface area contributed by atoms with E-state index in [1.165, 1.54) is 0 Å². The lowest BCUT2D eigenvalue weighted by Crippen LogP contribution is -2.34. The van der Waals surface area contributed by atoms with Gasteiger partial charge in [-0.25, -0.2) is 0 Å². The molecule has 0 spiro atoms. The molecular formula is C14H17ClN2O2. The summed E-state index contributed by atoms with van der Waals surface area (Å²) in [5, 5.41) is 8.64. The maximum absolute atomic E-state index is 12.3. The number of nitrogens with zero attached hydrogens (tertiary/aromatic N) is 2.